The number of amides is 4. The Kier molecular flexibility index (Phi) is 3.60. The minimum atomic E-state index is -0.991. The zero-order valence-electron chi connectivity index (χ0n) is 14.6. The zero-order chi connectivity index (χ0) is 17.8. The highest BCUT2D eigenvalue weighted by atomic mass is 16.2. The summed E-state index contributed by atoms with van der Waals surface area (Å²) in [6, 6.07) is 7.38. The van der Waals surface area contributed by atoms with Crippen molar-refractivity contribution in [3.8, 4) is 0 Å². The second kappa shape index (κ2) is 5.58. The monoisotopic (exact) mass is 341 g/mol. The van der Waals surface area contributed by atoms with E-state index in [1.807, 2.05) is 31.2 Å². The number of benzene rings is 1. The van der Waals surface area contributed by atoms with Crippen LogP contribution in [0.1, 0.15) is 37.3 Å². The number of carbonyl (C=O) groups excluding carboxylic acids is 3. The van der Waals surface area contributed by atoms with Crippen molar-refractivity contribution in [2.24, 2.45) is 5.92 Å². The van der Waals surface area contributed by atoms with Gasteiger partial charge >= 0.3 is 6.03 Å². The fourth-order valence-corrected chi connectivity index (χ4v) is 4.10. The number of hydrogen-bond donors (Lipinski definition) is 1. The van der Waals surface area contributed by atoms with Crippen molar-refractivity contribution in [1.82, 2.24) is 15.1 Å². The van der Waals surface area contributed by atoms with E-state index in [2.05, 4.69) is 5.32 Å². The van der Waals surface area contributed by atoms with Crippen molar-refractivity contribution in [3.63, 3.8) is 0 Å². The van der Waals surface area contributed by atoms with E-state index in [4.69, 9.17) is 0 Å². The predicted octanol–water partition coefficient (Wildman–Crippen LogP) is 1.64. The van der Waals surface area contributed by atoms with Crippen molar-refractivity contribution in [1.29, 1.82) is 0 Å². The molecule has 6 nitrogen and oxygen atoms in total. The summed E-state index contributed by atoms with van der Waals surface area (Å²) < 4.78 is 0. The van der Waals surface area contributed by atoms with Crippen LogP contribution in [0.25, 0.3) is 0 Å². The molecule has 0 bridgehead atoms. The van der Waals surface area contributed by atoms with Crippen LogP contribution in [0.2, 0.25) is 0 Å². The number of carbonyl (C=O) groups is 3. The van der Waals surface area contributed by atoms with Crippen LogP contribution in [0.15, 0.2) is 24.3 Å². The highest BCUT2D eigenvalue weighted by Crippen LogP contribution is 2.41. The molecular weight excluding hydrogens is 318 g/mol. The molecule has 1 aliphatic heterocycles. The minimum absolute atomic E-state index is 0.148. The third-order valence-corrected chi connectivity index (χ3v) is 6.02. The van der Waals surface area contributed by atoms with Crippen LogP contribution >= 0.6 is 0 Å². The third kappa shape index (κ3) is 2.42. The Balaban J connectivity index is 1.53. The largest absolute Gasteiger partial charge is 0.341 e. The Morgan fingerprint density at radius 3 is 2.80 bits per heavy atom. The molecule has 2 aliphatic carbocycles. The van der Waals surface area contributed by atoms with Crippen LogP contribution in [-0.2, 0) is 21.5 Å². The van der Waals surface area contributed by atoms with Crippen molar-refractivity contribution in [2.75, 3.05) is 13.6 Å². The van der Waals surface area contributed by atoms with Crippen LogP contribution in [0.4, 0.5) is 4.79 Å². The first-order chi connectivity index (χ1) is 11.9. The van der Waals surface area contributed by atoms with Crippen molar-refractivity contribution in [3.05, 3.63) is 35.4 Å². The van der Waals surface area contributed by atoms with Gasteiger partial charge in [-0.2, -0.15) is 0 Å². The Morgan fingerprint density at radius 1 is 1.36 bits per heavy atom. The second-order valence-corrected chi connectivity index (χ2v) is 7.47. The number of imide groups is 1. The number of rotatable bonds is 4. The summed E-state index contributed by atoms with van der Waals surface area (Å²) >= 11 is 0. The first kappa shape index (κ1) is 16.1. The van der Waals surface area contributed by atoms with Gasteiger partial charge in [0.25, 0.3) is 5.91 Å². The number of nitrogens with zero attached hydrogens (tertiary/aromatic N) is 2. The molecule has 2 fully saturated rings. The molecule has 4 rings (SSSR count). The van der Waals surface area contributed by atoms with E-state index in [9.17, 15) is 14.4 Å². The Morgan fingerprint density at radius 2 is 2.08 bits per heavy atom. The average Bonchev–Trinajstić information content (AvgIpc) is 3.36. The quantitative estimate of drug-likeness (QED) is 0.847. The van der Waals surface area contributed by atoms with Crippen molar-refractivity contribution < 1.29 is 14.4 Å². The molecule has 1 heterocycles. The molecule has 1 saturated carbocycles. The van der Waals surface area contributed by atoms with Gasteiger partial charge in [-0.1, -0.05) is 24.3 Å². The number of aryl methyl sites for hydroxylation is 1. The summed E-state index contributed by atoms with van der Waals surface area (Å²) in [5.74, 6) is 0.0552. The molecule has 4 amide bonds. The summed E-state index contributed by atoms with van der Waals surface area (Å²) in [4.78, 5) is 40.8. The number of urea groups is 1. The van der Waals surface area contributed by atoms with E-state index in [1.54, 1.807) is 11.9 Å². The van der Waals surface area contributed by atoms with Gasteiger partial charge in [0.15, 0.2) is 0 Å². The summed E-state index contributed by atoms with van der Waals surface area (Å²) in [7, 11) is 1.75. The zero-order valence-corrected chi connectivity index (χ0v) is 14.6. The van der Waals surface area contributed by atoms with Gasteiger partial charge in [0, 0.05) is 13.1 Å². The summed E-state index contributed by atoms with van der Waals surface area (Å²) in [5.41, 5.74) is 0.959. The van der Waals surface area contributed by atoms with E-state index in [0.29, 0.717) is 12.3 Å². The van der Waals surface area contributed by atoms with Gasteiger partial charge in [0.1, 0.15) is 12.1 Å². The molecule has 132 valence electrons. The molecule has 3 aliphatic rings. The van der Waals surface area contributed by atoms with E-state index in [0.717, 1.165) is 35.3 Å². The Labute approximate surface area is 147 Å². The van der Waals surface area contributed by atoms with Gasteiger partial charge in [-0.3, -0.25) is 14.5 Å². The maximum Gasteiger partial charge on any atom is 0.325 e. The highest BCUT2D eigenvalue weighted by molar-refractivity contribution is 6.09. The summed E-state index contributed by atoms with van der Waals surface area (Å²) in [6.45, 7) is 1.83. The van der Waals surface area contributed by atoms with Crippen LogP contribution in [0.3, 0.4) is 0 Å². The molecule has 0 radical (unpaired) electrons. The predicted molar refractivity (Wildman–Crippen MR) is 91.6 cm³/mol. The smallest absolute Gasteiger partial charge is 0.325 e. The number of likely N-dealkylation sites (N-methyl/N-ethyl adjacent to an activating group) is 1. The lowest BCUT2D eigenvalue weighted by molar-refractivity contribution is -0.139. The van der Waals surface area contributed by atoms with Crippen molar-refractivity contribution >= 4 is 17.8 Å². The van der Waals surface area contributed by atoms with Crippen LogP contribution in [-0.4, -0.2) is 47.3 Å². The lowest BCUT2D eigenvalue weighted by Gasteiger charge is -2.27. The van der Waals surface area contributed by atoms with Crippen molar-refractivity contribution in [2.45, 2.75) is 44.2 Å². The fourth-order valence-electron chi connectivity index (χ4n) is 4.10. The normalized spacial score (nSPS) is 25.9. The van der Waals surface area contributed by atoms with E-state index >= 15 is 0 Å². The van der Waals surface area contributed by atoms with E-state index < -0.39 is 11.6 Å². The van der Waals surface area contributed by atoms with E-state index in [1.165, 1.54) is 0 Å². The molecule has 1 N–H and O–H groups in total. The van der Waals surface area contributed by atoms with Crippen LogP contribution in [0.5, 0.6) is 0 Å². The maximum atomic E-state index is 13.0. The molecule has 1 aromatic carbocycles. The number of hydrogen-bond acceptors (Lipinski definition) is 3. The van der Waals surface area contributed by atoms with Gasteiger partial charge in [0.2, 0.25) is 5.91 Å². The maximum absolute atomic E-state index is 13.0. The summed E-state index contributed by atoms with van der Waals surface area (Å²) in [6.07, 6.45) is 3.59. The van der Waals surface area contributed by atoms with E-state index in [-0.39, 0.29) is 24.4 Å². The van der Waals surface area contributed by atoms with Gasteiger partial charge in [-0.15, -0.1) is 0 Å². The average molecular weight is 341 g/mol. The number of nitrogens with one attached hydrogen (secondary N) is 1. The topological polar surface area (TPSA) is 69.7 Å². The van der Waals surface area contributed by atoms with Gasteiger partial charge in [0.05, 0.1) is 0 Å². The van der Waals surface area contributed by atoms with Crippen LogP contribution < -0.4 is 5.32 Å². The molecule has 1 aromatic rings. The van der Waals surface area contributed by atoms with Crippen LogP contribution in [0, 0.1) is 5.92 Å². The Bertz CT molecular complexity index is 758. The molecule has 2 atom stereocenters. The van der Waals surface area contributed by atoms with Gasteiger partial charge in [-0.25, -0.2) is 4.79 Å². The molecule has 1 saturated heterocycles. The lowest BCUT2D eigenvalue weighted by atomic mass is 9.92. The summed E-state index contributed by atoms with van der Waals surface area (Å²) in [5, 5.41) is 2.86. The second-order valence-electron chi connectivity index (χ2n) is 7.47. The third-order valence-electron chi connectivity index (χ3n) is 6.02. The first-order valence-corrected chi connectivity index (χ1v) is 8.92. The lowest BCUT2D eigenvalue weighted by Crippen LogP contribution is -2.46. The first-order valence-electron chi connectivity index (χ1n) is 8.92. The minimum Gasteiger partial charge on any atom is -0.341 e. The molecule has 2 unspecified atom stereocenters. The molecule has 25 heavy (non-hydrogen) atoms. The highest BCUT2D eigenvalue weighted by Gasteiger charge is 2.55. The standard InChI is InChI=1S/C19H23N3O3/c1-12(13-7-8-13)21(2)16(23)11-22-17(24)19(20-18(22)25)10-9-14-5-3-4-6-15(14)19/h3-6,12-13H,7-11H2,1-2H3,(H,20,25). The SMILES string of the molecule is CC(C1CC1)N(C)C(=O)CN1C(=O)NC2(CCc3ccccc32)C1=O. The van der Waals surface area contributed by atoms with Gasteiger partial charge in [-0.05, 0) is 49.7 Å². The Hall–Kier alpha value is -2.37. The molecule has 1 spiro atoms. The molecule has 6 heteroatoms. The number of fused-ring (bicyclic) bond motifs is 2. The molecular formula is C19H23N3O3. The molecule has 0 aromatic heterocycles. The van der Waals surface area contributed by atoms with Gasteiger partial charge < -0.3 is 10.2 Å². The fraction of sp³-hybridized carbons (Fsp3) is 0.526.